The molecule has 0 aliphatic carbocycles. The highest BCUT2D eigenvalue weighted by Gasteiger charge is 2.22. The van der Waals surface area contributed by atoms with Crippen molar-refractivity contribution in [3.63, 3.8) is 0 Å². The number of hydrogen-bond donors (Lipinski definition) is 1. The predicted octanol–water partition coefficient (Wildman–Crippen LogP) is 1.23. The summed E-state index contributed by atoms with van der Waals surface area (Å²) in [6.07, 6.45) is 1.13. The van der Waals surface area contributed by atoms with Crippen molar-refractivity contribution in [3.05, 3.63) is 35.9 Å². The zero-order valence-corrected chi connectivity index (χ0v) is 11.3. The molecule has 100 valence electrons. The van der Waals surface area contributed by atoms with Gasteiger partial charge in [0, 0.05) is 38.8 Å². The summed E-state index contributed by atoms with van der Waals surface area (Å²) in [5.41, 5.74) is 1.42. The summed E-state index contributed by atoms with van der Waals surface area (Å²) in [6.45, 7) is 7.79. The maximum absolute atomic E-state index is 8.97. The van der Waals surface area contributed by atoms with Crippen LogP contribution in [0.15, 0.2) is 30.3 Å². The number of β-amino-alcohol motifs (C(OH)–C–C–N with tert-alkyl or cyclic N) is 1. The Kier molecular flexibility index (Phi) is 5.17. The van der Waals surface area contributed by atoms with E-state index in [1.807, 2.05) is 0 Å². The number of hydrogen-bond acceptors (Lipinski definition) is 3. The van der Waals surface area contributed by atoms with Gasteiger partial charge in [-0.2, -0.15) is 0 Å². The van der Waals surface area contributed by atoms with Crippen molar-refractivity contribution in [2.24, 2.45) is 0 Å². The van der Waals surface area contributed by atoms with Crippen LogP contribution in [0.1, 0.15) is 12.5 Å². The van der Waals surface area contributed by atoms with E-state index in [9.17, 15) is 0 Å². The molecule has 2 rings (SSSR count). The maximum atomic E-state index is 8.97. The van der Waals surface area contributed by atoms with E-state index in [0.717, 1.165) is 39.1 Å². The summed E-state index contributed by atoms with van der Waals surface area (Å²) < 4.78 is 0. The van der Waals surface area contributed by atoms with Crippen LogP contribution in [0, 0.1) is 0 Å². The fraction of sp³-hybridized carbons (Fsp3) is 0.600. The van der Waals surface area contributed by atoms with Gasteiger partial charge in [-0.15, -0.1) is 0 Å². The van der Waals surface area contributed by atoms with Crippen molar-refractivity contribution in [2.75, 3.05) is 39.3 Å². The second-order valence-electron chi connectivity index (χ2n) is 5.14. The van der Waals surface area contributed by atoms with Crippen LogP contribution >= 0.6 is 0 Å². The Morgan fingerprint density at radius 3 is 2.61 bits per heavy atom. The Morgan fingerprint density at radius 1 is 1.17 bits per heavy atom. The van der Waals surface area contributed by atoms with Gasteiger partial charge < -0.3 is 5.11 Å². The van der Waals surface area contributed by atoms with Gasteiger partial charge in [0.15, 0.2) is 0 Å². The Hall–Kier alpha value is -0.900. The van der Waals surface area contributed by atoms with Crippen LogP contribution in [0.5, 0.6) is 0 Å². The molecule has 1 saturated heterocycles. The lowest BCUT2D eigenvalue weighted by Crippen LogP contribution is -2.52. The van der Waals surface area contributed by atoms with Crippen LogP contribution in [0.4, 0.5) is 0 Å². The number of aliphatic hydroxyl groups excluding tert-OH is 1. The van der Waals surface area contributed by atoms with Crippen LogP contribution in [0.2, 0.25) is 0 Å². The van der Waals surface area contributed by atoms with Crippen LogP contribution in [-0.4, -0.2) is 60.3 Å². The summed E-state index contributed by atoms with van der Waals surface area (Å²) in [5.74, 6) is 0. The fourth-order valence-corrected chi connectivity index (χ4v) is 2.66. The van der Waals surface area contributed by atoms with Crippen molar-refractivity contribution in [3.8, 4) is 0 Å². The molecule has 1 aromatic rings. The van der Waals surface area contributed by atoms with Gasteiger partial charge in [-0.3, -0.25) is 9.80 Å². The summed E-state index contributed by atoms with van der Waals surface area (Å²) in [4.78, 5) is 4.91. The third-order valence-electron chi connectivity index (χ3n) is 3.80. The molecule has 0 spiro atoms. The first kappa shape index (κ1) is 13.5. The van der Waals surface area contributed by atoms with E-state index in [2.05, 4.69) is 47.1 Å². The van der Waals surface area contributed by atoms with Crippen molar-refractivity contribution in [1.82, 2.24) is 9.80 Å². The lowest BCUT2D eigenvalue weighted by molar-refractivity contribution is 0.0723. The number of benzene rings is 1. The highest BCUT2D eigenvalue weighted by Crippen LogP contribution is 2.10. The van der Waals surface area contributed by atoms with Gasteiger partial charge in [0.1, 0.15) is 0 Å². The van der Waals surface area contributed by atoms with Crippen molar-refractivity contribution in [2.45, 2.75) is 19.4 Å². The third kappa shape index (κ3) is 3.80. The Balaban J connectivity index is 1.77. The first-order chi connectivity index (χ1) is 8.79. The number of aliphatic hydroxyl groups is 1. The maximum Gasteiger partial charge on any atom is 0.0558 e. The average Bonchev–Trinajstić information content (AvgIpc) is 2.39. The minimum atomic E-state index is 0.275. The molecule has 0 saturated carbocycles. The second-order valence-corrected chi connectivity index (χ2v) is 5.14. The normalized spacial score (nSPS) is 22.2. The van der Waals surface area contributed by atoms with E-state index in [4.69, 9.17) is 5.11 Å². The minimum absolute atomic E-state index is 0.275. The van der Waals surface area contributed by atoms with E-state index in [1.165, 1.54) is 5.56 Å². The van der Waals surface area contributed by atoms with E-state index in [1.54, 1.807) is 0 Å². The summed E-state index contributed by atoms with van der Waals surface area (Å²) in [6, 6.07) is 11.3. The molecule has 18 heavy (non-hydrogen) atoms. The molecule has 0 bridgehead atoms. The minimum Gasteiger partial charge on any atom is -0.395 e. The number of nitrogens with zero attached hydrogens (tertiary/aromatic N) is 2. The van der Waals surface area contributed by atoms with Crippen molar-refractivity contribution in [1.29, 1.82) is 0 Å². The molecule has 1 aliphatic rings. The zero-order chi connectivity index (χ0) is 12.8. The van der Waals surface area contributed by atoms with Crippen LogP contribution in [-0.2, 0) is 6.42 Å². The molecule has 1 heterocycles. The quantitative estimate of drug-likeness (QED) is 0.849. The van der Waals surface area contributed by atoms with Gasteiger partial charge >= 0.3 is 0 Å². The molecule has 1 fully saturated rings. The molecule has 3 nitrogen and oxygen atoms in total. The molecule has 1 aromatic carbocycles. The van der Waals surface area contributed by atoms with Crippen molar-refractivity contribution < 1.29 is 5.11 Å². The molecule has 1 N–H and O–H groups in total. The SMILES string of the molecule is C[C@H]1CN(CCO)CCN1CCc1ccccc1. The van der Waals surface area contributed by atoms with Gasteiger partial charge in [-0.05, 0) is 18.9 Å². The van der Waals surface area contributed by atoms with E-state index >= 15 is 0 Å². The van der Waals surface area contributed by atoms with E-state index in [-0.39, 0.29) is 6.61 Å². The molecule has 0 aromatic heterocycles. The second kappa shape index (κ2) is 6.88. The number of rotatable bonds is 5. The zero-order valence-electron chi connectivity index (χ0n) is 11.3. The molecule has 1 atom stereocenters. The van der Waals surface area contributed by atoms with Gasteiger partial charge in [0.2, 0.25) is 0 Å². The third-order valence-corrected chi connectivity index (χ3v) is 3.80. The number of piperazine rings is 1. The molecular weight excluding hydrogens is 224 g/mol. The average molecular weight is 248 g/mol. The lowest BCUT2D eigenvalue weighted by Gasteiger charge is -2.39. The monoisotopic (exact) mass is 248 g/mol. The lowest BCUT2D eigenvalue weighted by atomic mass is 10.1. The molecule has 0 radical (unpaired) electrons. The van der Waals surface area contributed by atoms with Gasteiger partial charge in [-0.1, -0.05) is 30.3 Å². The van der Waals surface area contributed by atoms with Crippen LogP contribution in [0.3, 0.4) is 0 Å². The molecule has 0 amide bonds. The van der Waals surface area contributed by atoms with Gasteiger partial charge in [0.05, 0.1) is 6.61 Å². The molecule has 1 aliphatic heterocycles. The highest BCUT2D eigenvalue weighted by atomic mass is 16.3. The highest BCUT2D eigenvalue weighted by molar-refractivity contribution is 5.14. The van der Waals surface area contributed by atoms with E-state index in [0.29, 0.717) is 6.04 Å². The summed E-state index contributed by atoms with van der Waals surface area (Å²) in [5, 5.41) is 8.97. The molecule has 3 heteroatoms. The first-order valence-corrected chi connectivity index (χ1v) is 6.91. The van der Waals surface area contributed by atoms with Gasteiger partial charge in [-0.25, -0.2) is 0 Å². The predicted molar refractivity (Wildman–Crippen MR) is 74.7 cm³/mol. The van der Waals surface area contributed by atoms with Crippen molar-refractivity contribution >= 4 is 0 Å². The van der Waals surface area contributed by atoms with Crippen LogP contribution < -0.4 is 0 Å². The largest absolute Gasteiger partial charge is 0.395 e. The Bertz CT molecular complexity index is 342. The Labute approximate surface area is 110 Å². The van der Waals surface area contributed by atoms with Crippen LogP contribution in [0.25, 0.3) is 0 Å². The Morgan fingerprint density at radius 2 is 1.94 bits per heavy atom. The van der Waals surface area contributed by atoms with E-state index < -0.39 is 0 Å². The molecular formula is C15H24N2O. The first-order valence-electron chi connectivity index (χ1n) is 6.91. The summed E-state index contributed by atoms with van der Waals surface area (Å²) in [7, 11) is 0. The summed E-state index contributed by atoms with van der Waals surface area (Å²) >= 11 is 0. The molecule has 0 unspecified atom stereocenters. The smallest absolute Gasteiger partial charge is 0.0558 e. The fourth-order valence-electron chi connectivity index (χ4n) is 2.66. The topological polar surface area (TPSA) is 26.7 Å². The standard InChI is InChI=1S/C15H24N2O/c1-14-13-16(11-12-18)9-10-17(14)8-7-15-5-3-2-4-6-15/h2-6,14,18H,7-13H2,1H3/t14-/m0/s1. The van der Waals surface area contributed by atoms with Gasteiger partial charge in [0.25, 0.3) is 0 Å².